The second kappa shape index (κ2) is 13.4. The Labute approximate surface area is 314 Å². The Morgan fingerprint density at radius 3 is 1.50 bits per heavy atom. The molecule has 0 N–H and O–H groups in total. The molecule has 2 nitrogen and oxygen atoms in total. The normalized spacial score (nSPS) is 11.3. The Hall–Kier alpha value is -7.16. The summed E-state index contributed by atoms with van der Waals surface area (Å²) < 4.78 is 0. The summed E-state index contributed by atoms with van der Waals surface area (Å²) in [6, 6.07) is 73.5. The molecule has 0 aliphatic rings. The lowest BCUT2D eigenvalue weighted by Gasteiger charge is -2.15. The van der Waals surface area contributed by atoms with Gasteiger partial charge in [-0.25, -0.2) is 9.97 Å². The fourth-order valence-electron chi connectivity index (χ4n) is 7.83. The first-order valence-electron chi connectivity index (χ1n) is 18.4. The Kier molecular flexibility index (Phi) is 7.85. The van der Waals surface area contributed by atoms with Crippen molar-refractivity contribution in [3.63, 3.8) is 0 Å². The van der Waals surface area contributed by atoms with Crippen LogP contribution in [0.2, 0.25) is 0 Å². The van der Waals surface area contributed by atoms with Gasteiger partial charge >= 0.3 is 0 Å². The van der Waals surface area contributed by atoms with Crippen LogP contribution in [0.1, 0.15) is 0 Å². The summed E-state index contributed by atoms with van der Waals surface area (Å²) in [6.45, 7) is 0. The van der Waals surface area contributed by atoms with E-state index in [1.807, 2.05) is 18.2 Å². The number of fused-ring (bicyclic) bond motifs is 4. The van der Waals surface area contributed by atoms with Gasteiger partial charge in [0.15, 0.2) is 5.82 Å². The minimum absolute atomic E-state index is 0.701. The number of benzene rings is 9. The molecule has 0 atom stereocenters. The van der Waals surface area contributed by atoms with Crippen LogP contribution < -0.4 is 0 Å². The van der Waals surface area contributed by atoms with Gasteiger partial charge in [0.25, 0.3) is 0 Å². The molecule has 9 aromatic carbocycles. The third-order valence-corrected chi connectivity index (χ3v) is 10.5. The fraction of sp³-hybridized carbons (Fsp3) is 0. The Morgan fingerprint density at radius 1 is 0.259 bits per heavy atom. The van der Waals surface area contributed by atoms with Gasteiger partial charge in [-0.3, -0.25) is 0 Å². The topological polar surface area (TPSA) is 25.8 Å². The van der Waals surface area contributed by atoms with Gasteiger partial charge in [-0.15, -0.1) is 0 Å². The third kappa shape index (κ3) is 5.71. The molecule has 10 aromatic rings. The summed E-state index contributed by atoms with van der Waals surface area (Å²) in [6.07, 6.45) is 0. The quantitative estimate of drug-likeness (QED) is 0.129. The predicted molar refractivity (Wildman–Crippen MR) is 227 cm³/mol. The van der Waals surface area contributed by atoms with E-state index >= 15 is 0 Å². The molecule has 0 fully saturated rings. The maximum atomic E-state index is 5.18. The van der Waals surface area contributed by atoms with Crippen LogP contribution in [-0.4, -0.2) is 9.97 Å². The van der Waals surface area contributed by atoms with Crippen molar-refractivity contribution in [2.24, 2.45) is 0 Å². The van der Waals surface area contributed by atoms with Crippen molar-refractivity contribution in [2.75, 3.05) is 0 Å². The molecule has 0 spiro atoms. The molecule has 0 unspecified atom stereocenters. The lowest BCUT2D eigenvalue weighted by atomic mass is 9.89. The van der Waals surface area contributed by atoms with E-state index < -0.39 is 0 Å². The van der Waals surface area contributed by atoms with E-state index in [2.05, 4.69) is 188 Å². The molecule has 252 valence electrons. The van der Waals surface area contributed by atoms with Crippen molar-refractivity contribution in [3.05, 3.63) is 206 Å². The Bertz CT molecular complexity index is 2950. The van der Waals surface area contributed by atoms with Gasteiger partial charge in [-0.05, 0) is 83.9 Å². The molecule has 1 heterocycles. The molecule has 0 aliphatic carbocycles. The standard InChI is InChI=1S/C52H34N2/c1-4-14-35(15-5-1)44-30-29-42(33-47(44)36-16-6-2-7-17-36)50-34-49(53-52(54-50)40-19-8-3-9-20-40)38-24-26-39(27-25-38)51-45-23-13-11-21-41(45)32-48-43-22-12-10-18-37(43)28-31-46(48)51/h1-34H. The Balaban J connectivity index is 1.12. The first kappa shape index (κ1) is 31.6. The van der Waals surface area contributed by atoms with E-state index in [1.54, 1.807) is 0 Å². The molecular weight excluding hydrogens is 653 g/mol. The van der Waals surface area contributed by atoms with Crippen LogP contribution in [0.25, 0.3) is 99.6 Å². The summed E-state index contributed by atoms with van der Waals surface area (Å²) in [4.78, 5) is 10.4. The van der Waals surface area contributed by atoms with Crippen molar-refractivity contribution < 1.29 is 0 Å². The molecule has 0 saturated heterocycles. The van der Waals surface area contributed by atoms with Crippen LogP contribution in [-0.2, 0) is 0 Å². The molecule has 10 rings (SSSR count). The van der Waals surface area contributed by atoms with E-state index in [4.69, 9.17) is 9.97 Å². The number of hydrogen-bond acceptors (Lipinski definition) is 2. The van der Waals surface area contributed by atoms with Gasteiger partial charge in [0.05, 0.1) is 11.4 Å². The number of hydrogen-bond donors (Lipinski definition) is 0. The van der Waals surface area contributed by atoms with Crippen molar-refractivity contribution >= 4 is 32.3 Å². The summed E-state index contributed by atoms with van der Waals surface area (Å²) in [5.41, 5.74) is 12.0. The Morgan fingerprint density at radius 2 is 0.796 bits per heavy atom. The van der Waals surface area contributed by atoms with E-state index in [1.165, 1.54) is 65.7 Å². The van der Waals surface area contributed by atoms with Crippen molar-refractivity contribution in [1.82, 2.24) is 9.97 Å². The molecular formula is C52H34N2. The average Bonchev–Trinajstić information content (AvgIpc) is 3.26. The third-order valence-electron chi connectivity index (χ3n) is 10.5. The van der Waals surface area contributed by atoms with Crippen LogP contribution in [0.3, 0.4) is 0 Å². The van der Waals surface area contributed by atoms with E-state index in [0.29, 0.717) is 5.82 Å². The van der Waals surface area contributed by atoms with E-state index in [9.17, 15) is 0 Å². The summed E-state index contributed by atoms with van der Waals surface area (Å²) in [7, 11) is 0. The van der Waals surface area contributed by atoms with Crippen LogP contribution in [0, 0.1) is 0 Å². The van der Waals surface area contributed by atoms with Gasteiger partial charge in [-0.1, -0.05) is 188 Å². The minimum Gasteiger partial charge on any atom is -0.228 e. The zero-order valence-electron chi connectivity index (χ0n) is 29.5. The lowest BCUT2D eigenvalue weighted by Crippen LogP contribution is -1.96. The van der Waals surface area contributed by atoms with Crippen molar-refractivity contribution in [1.29, 1.82) is 0 Å². The molecule has 0 amide bonds. The van der Waals surface area contributed by atoms with E-state index in [-0.39, 0.29) is 0 Å². The predicted octanol–water partition coefficient (Wildman–Crippen LogP) is 13.9. The highest BCUT2D eigenvalue weighted by molar-refractivity contribution is 6.20. The minimum atomic E-state index is 0.701. The second-order valence-electron chi connectivity index (χ2n) is 13.8. The highest BCUT2D eigenvalue weighted by Crippen LogP contribution is 2.41. The van der Waals surface area contributed by atoms with Crippen LogP contribution in [0.5, 0.6) is 0 Å². The van der Waals surface area contributed by atoms with Crippen molar-refractivity contribution in [2.45, 2.75) is 0 Å². The SMILES string of the molecule is c1ccc(-c2nc(-c3ccc(-c4c5ccccc5cc5c4ccc4ccccc45)cc3)cc(-c3ccc(-c4ccccc4)c(-c4ccccc4)c3)n2)cc1. The first-order valence-corrected chi connectivity index (χ1v) is 18.4. The van der Waals surface area contributed by atoms with E-state index in [0.717, 1.165) is 28.1 Å². The lowest BCUT2D eigenvalue weighted by molar-refractivity contribution is 1.18. The smallest absolute Gasteiger partial charge is 0.160 e. The number of aromatic nitrogens is 2. The molecule has 0 aliphatic heterocycles. The first-order chi connectivity index (χ1) is 26.8. The van der Waals surface area contributed by atoms with Crippen molar-refractivity contribution in [3.8, 4) is 67.3 Å². The van der Waals surface area contributed by atoms with Gasteiger partial charge in [0.2, 0.25) is 0 Å². The van der Waals surface area contributed by atoms with Crippen LogP contribution >= 0.6 is 0 Å². The number of rotatable bonds is 6. The summed E-state index contributed by atoms with van der Waals surface area (Å²) in [5.74, 6) is 0.701. The molecule has 2 heteroatoms. The fourth-order valence-corrected chi connectivity index (χ4v) is 7.83. The van der Waals surface area contributed by atoms with Gasteiger partial charge in [0, 0.05) is 16.7 Å². The monoisotopic (exact) mass is 686 g/mol. The number of nitrogens with zero attached hydrogens (tertiary/aromatic N) is 2. The zero-order chi connectivity index (χ0) is 35.8. The maximum absolute atomic E-state index is 5.18. The highest BCUT2D eigenvalue weighted by atomic mass is 14.9. The molecule has 1 aromatic heterocycles. The van der Waals surface area contributed by atoms with Crippen LogP contribution in [0.4, 0.5) is 0 Å². The van der Waals surface area contributed by atoms with Gasteiger partial charge < -0.3 is 0 Å². The molecule has 0 saturated carbocycles. The van der Waals surface area contributed by atoms with Gasteiger partial charge in [0.1, 0.15) is 0 Å². The maximum Gasteiger partial charge on any atom is 0.160 e. The van der Waals surface area contributed by atoms with Gasteiger partial charge in [-0.2, -0.15) is 0 Å². The highest BCUT2D eigenvalue weighted by Gasteiger charge is 2.16. The summed E-state index contributed by atoms with van der Waals surface area (Å²) in [5, 5.41) is 7.53. The molecule has 54 heavy (non-hydrogen) atoms. The largest absolute Gasteiger partial charge is 0.228 e. The summed E-state index contributed by atoms with van der Waals surface area (Å²) >= 11 is 0. The molecule has 0 bridgehead atoms. The average molecular weight is 687 g/mol. The zero-order valence-corrected chi connectivity index (χ0v) is 29.5. The van der Waals surface area contributed by atoms with Crippen LogP contribution in [0.15, 0.2) is 206 Å². The molecule has 0 radical (unpaired) electrons. The second-order valence-corrected chi connectivity index (χ2v) is 13.8.